The van der Waals surface area contributed by atoms with Crippen molar-refractivity contribution in [2.24, 2.45) is 16.8 Å². The first-order chi connectivity index (χ1) is 11.6. The number of aliphatic imine (C=N–C) groups is 1. The number of guanidine groups is 1. The highest BCUT2D eigenvalue weighted by atomic mass is 16.1. The molecule has 1 aromatic rings. The number of amides is 1. The largest absolute Gasteiger partial charge is 0.357 e. The van der Waals surface area contributed by atoms with Crippen LogP contribution in [0.5, 0.6) is 0 Å². The number of likely N-dealkylation sites (tertiary alicyclic amines) is 1. The fourth-order valence-electron chi connectivity index (χ4n) is 3.19. The van der Waals surface area contributed by atoms with E-state index in [4.69, 9.17) is 0 Å². The summed E-state index contributed by atoms with van der Waals surface area (Å²) in [4.78, 5) is 22.9. The maximum atomic E-state index is 12.0. The number of rotatable bonds is 5. The summed E-state index contributed by atoms with van der Waals surface area (Å²) in [6.45, 7) is 10.7. The van der Waals surface area contributed by atoms with Crippen LogP contribution in [0.4, 0.5) is 0 Å². The first-order valence-corrected chi connectivity index (χ1v) is 8.81. The van der Waals surface area contributed by atoms with Crippen molar-refractivity contribution in [2.45, 2.75) is 27.2 Å². The molecule has 0 bridgehead atoms. The molecule has 1 fully saturated rings. The number of nitrogens with one attached hydrogen (secondary N) is 2. The van der Waals surface area contributed by atoms with Crippen molar-refractivity contribution in [1.82, 2.24) is 20.5 Å². The summed E-state index contributed by atoms with van der Waals surface area (Å²) in [5, 5.41) is 6.25. The predicted molar refractivity (Wildman–Crippen MR) is 97.1 cm³/mol. The third kappa shape index (κ3) is 5.51. The van der Waals surface area contributed by atoms with Crippen LogP contribution in [-0.2, 0) is 0 Å². The van der Waals surface area contributed by atoms with E-state index in [1.807, 2.05) is 0 Å². The van der Waals surface area contributed by atoms with E-state index in [1.54, 1.807) is 24.5 Å². The molecule has 0 aliphatic carbocycles. The molecule has 6 heteroatoms. The molecule has 1 amide bonds. The second kappa shape index (κ2) is 9.25. The summed E-state index contributed by atoms with van der Waals surface area (Å²) < 4.78 is 0. The molecule has 1 aliphatic rings. The molecule has 6 nitrogen and oxygen atoms in total. The first kappa shape index (κ1) is 18.2. The summed E-state index contributed by atoms with van der Waals surface area (Å²) in [7, 11) is 0. The van der Waals surface area contributed by atoms with Crippen molar-refractivity contribution in [1.29, 1.82) is 0 Å². The van der Waals surface area contributed by atoms with E-state index in [0.29, 0.717) is 30.5 Å². The lowest BCUT2D eigenvalue weighted by atomic mass is 9.92. The number of nitrogens with zero attached hydrogens (tertiary/aromatic N) is 3. The van der Waals surface area contributed by atoms with E-state index < -0.39 is 0 Å². The molecule has 2 rings (SSSR count). The molecule has 2 unspecified atom stereocenters. The van der Waals surface area contributed by atoms with Gasteiger partial charge in [0.05, 0.1) is 12.1 Å². The third-order valence-corrected chi connectivity index (χ3v) is 4.09. The minimum atomic E-state index is -0.108. The molecule has 2 atom stereocenters. The van der Waals surface area contributed by atoms with Gasteiger partial charge in [-0.15, -0.1) is 0 Å². The molecule has 132 valence electrons. The van der Waals surface area contributed by atoms with Crippen LogP contribution in [0.15, 0.2) is 29.5 Å². The minimum Gasteiger partial charge on any atom is -0.357 e. The maximum absolute atomic E-state index is 12.0. The number of carbonyl (C=O) groups excluding carboxylic acids is 1. The fourth-order valence-corrected chi connectivity index (χ4v) is 3.19. The van der Waals surface area contributed by atoms with Gasteiger partial charge in [-0.25, -0.2) is 0 Å². The number of aromatic nitrogens is 1. The van der Waals surface area contributed by atoms with Gasteiger partial charge >= 0.3 is 0 Å². The van der Waals surface area contributed by atoms with Crippen molar-refractivity contribution in [3.05, 3.63) is 30.1 Å². The summed E-state index contributed by atoms with van der Waals surface area (Å²) in [6, 6.07) is 3.52. The molecule has 0 saturated carbocycles. The van der Waals surface area contributed by atoms with E-state index in [-0.39, 0.29) is 5.91 Å². The van der Waals surface area contributed by atoms with Gasteiger partial charge in [0.1, 0.15) is 0 Å². The standard InChI is InChI=1S/C18H29N5O/c1-4-20-18(23-12-14(2)10-15(3)13-23)22-9-8-21-17(24)16-6-5-7-19-11-16/h5-7,11,14-15H,4,8-10,12-13H2,1-3H3,(H,20,22)(H,21,24). The molecule has 2 heterocycles. The zero-order valence-electron chi connectivity index (χ0n) is 15.0. The molecular formula is C18H29N5O. The molecule has 2 N–H and O–H groups in total. The first-order valence-electron chi connectivity index (χ1n) is 8.81. The smallest absolute Gasteiger partial charge is 0.252 e. The molecule has 24 heavy (non-hydrogen) atoms. The van der Waals surface area contributed by atoms with E-state index >= 15 is 0 Å². The number of carbonyl (C=O) groups is 1. The van der Waals surface area contributed by atoms with Crippen LogP contribution in [0, 0.1) is 11.8 Å². The highest BCUT2D eigenvalue weighted by Crippen LogP contribution is 2.20. The zero-order chi connectivity index (χ0) is 17.4. The summed E-state index contributed by atoms with van der Waals surface area (Å²) >= 11 is 0. The van der Waals surface area contributed by atoms with Gasteiger partial charge in [-0.3, -0.25) is 14.8 Å². The molecule has 1 aliphatic heterocycles. The van der Waals surface area contributed by atoms with Crippen molar-refractivity contribution in [3.63, 3.8) is 0 Å². The summed E-state index contributed by atoms with van der Waals surface area (Å²) in [5.74, 6) is 2.21. The number of piperidine rings is 1. The quantitative estimate of drug-likeness (QED) is 0.490. The Bertz CT molecular complexity index is 536. The molecule has 1 saturated heterocycles. The number of hydrogen-bond donors (Lipinski definition) is 2. The summed E-state index contributed by atoms with van der Waals surface area (Å²) in [5.41, 5.74) is 0.576. The topological polar surface area (TPSA) is 69.6 Å². The fraction of sp³-hybridized carbons (Fsp3) is 0.611. The van der Waals surface area contributed by atoms with Crippen molar-refractivity contribution in [2.75, 3.05) is 32.7 Å². The Hall–Kier alpha value is -2.11. The van der Waals surface area contributed by atoms with Crippen molar-refractivity contribution >= 4 is 11.9 Å². The molecular weight excluding hydrogens is 302 g/mol. The lowest BCUT2D eigenvalue weighted by Gasteiger charge is -2.37. The Morgan fingerprint density at radius 1 is 1.33 bits per heavy atom. The van der Waals surface area contributed by atoms with Gasteiger partial charge in [0.2, 0.25) is 0 Å². The van der Waals surface area contributed by atoms with Crippen LogP contribution < -0.4 is 10.6 Å². The van der Waals surface area contributed by atoms with Gasteiger partial charge in [0.15, 0.2) is 5.96 Å². The van der Waals surface area contributed by atoms with Crippen LogP contribution in [-0.4, -0.2) is 54.5 Å². The van der Waals surface area contributed by atoms with Gasteiger partial charge in [-0.2, -0.15) is 0 Å². The van der Waals surface area contributed by atoms with E-state index in [9.17, 15) is 4.79 Å². The van der Waals surface area contributed by atoms with Gasteiger partial charge in [0.25, 0.3) is 5.91 Å². The molecule has 0 spiro atoms. The maximum Gasteiger partial charge on any atom is 0.252 e. The second-order valence-electron chi connectivity index (χ2n) is 6.58. The normalized spacial score (nSPS) is 21.5. The van der Waals surface area contributed by atoms with Crippen LogP contribution in [0.3, 0.4) is 0 Å². The monoisotopic (exact) mass is 331 g/mol. The van der Waals surface area contributed by atoms with E-state index in [2.05, 4.69) is 46.3 Å². The van der Waals surface area contributed by atoms with Crippen LogP contribution in [0.2, 0.25) is 0 Å². The van der Waals surface area contributed by atoms with Gasteiger partial charge < -0.3 is 15.5 Å². The van der Waals surface area contributed by atoms with Crippen LogP contribution >= 0.6 is 0 Å². The van der Waals surface area contributed by atoms with Crippen LogP contribution in [0.1, 0.15) is 37.6 Å². The predicted octanol–water partition coefficient (Wildman–Crippen LogP) is 1.75. The van der Waals surface area contributed by atoms with Crippen molar-refractivity contribution in [3.8, 4) is 0 Å². The van der Waals surface area contributed by atoms with E-state index in [0.717, 1.165) is 25.6 Å². The number of pyridine rings is 1. The lowest BCUT2D eigenvalue weighted by molar-refractivity contribution is 0.0954. The van der Waals surface area contributed by atoms with Gasteiger partial charge in [-0.05, 0) is 37.3 Å². The Balaban J connectivity index is 1.86. The SMILES string of the molecule is CCNC(=NCCNC(=O)c1cccnc1)N1CC(C)CC(C)C1. The Labute approximate surface area is 144 Å². The Morgan fingerprint density at radius 2 is 2.08 bits per heavy atom. The summed E-state index contributed by atoms with van der Waals surface area (Å²) in [6.07, 6.45) is 4.50. The van der Waals surface area contributed by atoms with Crippen molar-refractivity contribution < 1.29 is 4.79 Å². The Kier molecular flexibility index (Phi) is 7.03. The van der Waals surface area contributed by atoms with Crippen LogP contribution in [0.25, 0.3) is 0 Å². The number of hydrogen-bond acceptors (Lipinski definition) is 3. The second-order valence-corrected chi connectivity index (χ2v) is 6.58. The molecule has 0 radical (unpaired) electrons. The van der Waals surface area contributed by atoms with Gasteiger partial charge in [-0.1, -0.05) is 13.8 Å². The third-order valence-electron chi connectivity index (χ3n) is 4.09. The molecule has 1 aromatic heterocycles. The Morgan fingerprint density at radius 3 is 2.71 bits per heavy atom. The highest BCUT2D eigenvalue weighted by molar-refractivity contribution is 5.93. The lowest BCUT2D eigenvalue weighted by Crippen LogP contribution is -2.48. The average Bonchev–Trinajstić information content (AvgIpc) is 2.57. The molecule has 0 aromatic carbocycles. The van der Waals surface area contributed by atoms with Gasteiger partial charge in [0, 0.05) is 38.6 Å². The average molecular weight is 331 g/mol. The zero-order valence-corrected chi connectivity index (χ0v) is 15.0. The highest BCUT2D eigenvalue weighted by Gasteiger charge is 2.23. The minimum absolute atomic E-state index is 0.108. The van der Waals surface area contributed by atoms with E-state index in [1.165, 1.54) is 6.42 Å².